The lowest BCUT2D eigenvalue weighted by atomic mass is 10.1. The molecule has 0 unspecified atom stereocenters. The zero-order chi connectivity index (χ0) is 24.8. The van der Waals surface area contributed by atoms with Crippen LogP contribution < -0.4 is 15.4 Å². The van der Waals surface area contributed by atoms with Crippen molar-refractivity contribution in [3.8, 4) is 11.9 Å². The van der Waals surface area contributed by atoms with Gasteiger partial charge in [-0.1, -0.05) is 0 Å². The molecule has 35 heavy (non-hydrogen) atoms. The first-order chi connectivity index (χ1) is 16.9. The number of aryl methyl sites for hydroxylation is 1. The van der Waals surface area contributed by atoms with E-state index in [1.807, 2.05) is 6.07 Å². The lowest BCUT2D eigenvalue weighted by molar-refractivity contribution is 0.0465. The van der Waals surface area contributed by atoms with Gasteiger partial charge in [0.2, 0.25) is 5.88 Å². The number of nitrogens with zero attached hydrogens (tertiary/aromatic N) is 5. The van der Waals surface area contributed by atoms with Crippen LogP contribution in [-0.4, -0.2) is 57.3 Å². The number of hydrogen-bond donors (Lipinski definition) is 2. The maximum atomic E-state index is 13.0. The third kappa shape index (κ3) is 6.46. The van der Waals surface area contributed by atoms with E-state index in [4.69, 9.17) is 10.00 Å². The smallest absolute Gasteiger partial charge is 0.260 e. The number of alkyl halides is 2. The molecule has 1 amide bonds. The van der Waals surface area contributed by atoms with Crippen molar-refractivity contribution in [1.29, 1.82) is 5.26 Å². The molecule has 0 atom stereocenters. The van der Waals surface area contributed by atoms with Crippen molar-refractivity contribution in [3.63, 3.8) is 0 Å². The topological polar surface area (TPSA) is 116 Å². The highest BCUT2D eigenvalue weighted by Crippen LogP contribution is 2.28. The summed E-state index contributed by atoms with van der Waals surface area (Å²) in [4.78, 5) is 23.1. The normalized spacial score (nSPS) is 14.5. The maximum Gasteiger partial charge on any atom is 0.260 e. The highest BCUT2D eigenvalue weighted by atomic mass is 32.1. The van der Waals surface area contributed by atoms with Gasteiger partial charge in [0.25, 0.3) is 12.3 Å². The molecule has 1 aliphatic rings. The van der Waals surface area contributed by atoms with Crippen molar-refractivity contribution in [2.24, 2.45) is 0 Å². The third-order valence-electron chi connectivity index (χ3n) is 5.43. The Hall–Kier alpha value is -3.69. The molecule has 0 aliphatic carbocycles. The Labute approximate surface area is 204 Å². The number of nitriles is 1. The molecule has 12 heteroatoms. The molecule has 0 aromatic carbocycles. The standard InChI is InChI=1S/C23H23F2N7O2S/c1-14-21(23(35-31-14)30-19-10-15(11-26)4-7-27-19)22(33)29-16-2-3-20(28-12-16)34-17-5-8-32(9-6-17)13-18(24)25/h2-4,7,10,12,17-18H,5-6,8-9,13H2,1H3,(H,27,30)(H,29,33). The summed E-state index contributed by atoms with van der Waals surface area (Å²) in [6, 6.07) is 8.57. The Kier molecular flexibility index (Phi) is 7.79. The second-order valence-corrected chi connectivity index (χ2v) is 8.76. The van der Waals surface area contributed by atoms with Crippen LogP contribution in [0.1, 0.15) is 34.5 Å². The molecule has 1 fully saturated rings. The zero-order valence-corrected chi connectivity index (χ0v) is 19.7. The van der Waals surface area contributed by atoms with Gasteiger partial charge in [0, 0.05) is 25.4 Å². The van der Waals surface area contributed by atoms with Crippen molar-refractivity contribution < 1.29 is 18.3 Å². The van der Waals surface area contributed by atoms with Gasteiger partial charge in [-0.05, 0) is 49.5 Å². The van der Waals surface area contributed by atoms with Crippen LogP contribution in [0.5, 0.6) is 5.88 Å². The van der Waals surface area contributed by atoms with Crippen molar-refractivity contribution in [2.45, 2.75) is 32.3 Å². The molecular formula is C23H23F2N7O2S. The predicted octanol–water partition coefficient (Wildman–Crippen LogP) is 4.22. The summed E-state index contributed by atoms with van der Waals surface area (Å²) in [5.41, 5.74) is 1.85. The average Bonchev–Trinajstić information content (AvgIpc) is 3.21. The molecule has 4 rings (SSSR count). The average molecular weight is 500 g/mol. The number of nitrogens with one attached hydrogen (secondary N) is 2. The number of carbonyl (C=O) groups is 1. The number of likely N-dealkylation sites (tertiary alicyclic amines) is 1. The lowest BCUT2D eigenvalue weighted by Gasteiger charge is -2.31. The van der Waals surface area contributed by atoms with Crippen molar-refractivity contribution in [3.05, 3.63) is 53.5 Å². The fourth-order valence-corrected chi connectivity index (χ4v) is 4.50. The van der Waals surface area contributed by atoms with Crippen LogP contribution in [0.3, 0.4) is 0 Å². The molecule has 3 aromatic heterocycles. The van der Waals surface area contributed by atoms with Gasteiger partial charge in [0.05, 0.1) is 41.3 Å². The van der Waals surface area contributed by atoms with Gasteiger partial charge in [0.15, 0.2) is 0 Å². The number of piperidine rings is 1. The third-order valence-corrected chi connectivity index (χ3v) is 6.29. The van der Waals surface area contributed by atoms with Gasteiger partial charge in [0.1, 0.15) is 16.9 Å². The molecule has 2 N–H and O–H groups in total. The van der Waals surface area contributed by atoms with E-state index in [9.17, 15) is 13.6 Å². The Morgan fingerprint density at radius 1 is 1.31 bits per heavy atom. The molecule has 0 radical (unpaired) electrons. The number of aromatic nitrogens is 3. The number of rotatable bonds is 8. The quantitative estimate of drug-likeness (QED) is 0.473. The predicted molar refractivity (Wildman–Crippen MR) is 127 cm³/mol. The zero-order valence-electron chi connectivity index (χ0n) is 18.9. The van der Waals surface area contributed by atoms with Crippen LogP contribution in [0.15, 0.2) is 36.7 Å². The molecule has 4 heterocycles. The minimum Gasteiger partial charge on any atom is -0.474 e. The molecule has 3 aromatic rings. The first-order valence-electron chi connectivity index (χ1n) is 11.0. The second kappa shape index (κ2) is 11.2. The molecule has 0 bridgehead atoms. The SMILES string of the molecule is Cc1nsc(Nc2cc(C#N)ccn2)c1C(=O)Nc1ccc(OC2CCN(CC(F)F)CC2)nc1. The van der Waals surface area contributed by atoms with Crippen LogP contribution >= 0.6 is 11.5 Å². The number of halogens is 2. The van der Waals surface area contributed by atoms with Gasteiger partial charge < -0.3 is 15.4 Å². The Balaban J connectivity index is 1.35. The Morgan fingerprint density at radius 2 is 2.11 bits per heavy atom. The summed E-state index contributed by atoms with van der Waals surface area (Å²) in [7, 11) is 0. The van der Waals surface area contributed by atoms with Crippen LogP contribution in [0.2, 0.25) is 0 Å². The summed E-state index contributed by atoms with van der Waals surface area (Å²) < 4.78 is 35.2. The van der Waals surface area contributed by atoms with E-state index in [0.717, 1.165) is 11.5 Å². The van der Waals surface area contributed by atoms with E-state index in [1.165, 1.54) is 12.4 Å². The van der Waals surface area contributed by atoms with Crippen LogP contribution in [0.25, 0.3) is 0 Å². The molecule has 1 aliphatic heterocycles. The minimum absolute atomic E-state index is 0.0850. The summed E-state index contributed by atoms with van der Waals surface area (Å²) in [5, 5.41) is 15.4. The molecular weight excluding hydrogens is 476 g/mol. The largest absolute Gasteiger partial charge is 0.474 e. The number of ether oxygens (including phenoxy) is 1. The van der Waals surface area contributed by atoms with E-state index < -0.39 is 6.43 Å². The second-order valence-electron chi connectivity index (χ2n) is 7.99. The number of anilines is 3. The van der Waals surface area contributed by atoms with Gasteiger partial charge in [-0.3, -0.25) is 9.69 Å². The number of pyridine rings is 2. The fraction of sp³-hybridized carbons (Fsp3) is 0.348. The highest BCUT2D eigenvalue weighted by Gasteiger charge is 2.23. The van der Waals surface area contributed by atoms with Crippen molar-refractivity contribution >= 4 is 33.9 Å². The van der Waals surface area contributed by atoms with Crippen LogP contribution in [0.4, 0.5) is 25.3 Å². The van der Waals surface area contributed by atoms with Crippen LogP contribution in [0, 0.1) is 18.3 Å². The molecule has 0 saturated carbocycles. The monoisotopic (exact) mass is 499 g/mol. The van der Waals surface area contributed by atoms with E-state index in [1.54, 1.807) is 36.1 Å². The van der Waals surface area contributed by atoms with Gasteiger partial charge in [-0.25, -0.2) is 18.7 Å². The van der Waals surface area contributed by atoms with Crippen molar-refractivity contribution in [1.82, 2.24) is 19.2 Å². The Morgan fingerprint density at radius 3 is 2.80 bits per heavy atom. The van der Waals surface area contributed by atoms with Crippen molar-refractivity contribution in [2.75, 3.05) is 30.3 Å². The summed E-state index contributed by atoms with van der Waals surface area (Å²) in [6.07, 6.45) is 1.90. The minimum atomic E-state index is -2.33. The van der Waals surface area contributed by atoms with E-state index in [-0.39, 0.29) is 18.6 Å². The highest BCUT2D eigenvalue weighted by molar-refractivity contribution is 7.10. The summed E-state index contributed by atoms with van der Waals surface area (Å²) in [6.45, 7) is 2.64. The number of carbonyl (C=O) groups excluding carboxylic acids is 1. The lowest BCUT2D eigenvalue weighted by Crippen LogP contribution is -2.40. The molecule has 9 nitrogen and oxygen atoms in total. The first-order valence-corrected chi connectivity index (χ1v) is 11.7. The van der Waals surface area contributed by atoms with Gasteiger partial charge >= 0.3 is 0 Å². The van der Waals surface area contributed by atoms with Gasteiger partial charge in [-0.15, -0.1) is 0 Å². The van der Waals surface area contributed by atoms with E-state index in [0.29, 0.717) is 65.1 Å². The number of hydrogen-bond acceptors (Lipinski definition) is 9. The maximum absolute atomic E-state index is 13.0. The molecule has 0 spiro atoms. The summed E-state index contributed by atoms with van der Waals surface area (Å²) >= 11 is 1.12. The summed E-state index contributed by atoms with van der Waals surface area (Å²) in [5.74, 6) is 0.483. The first kappa shape index (κ1) is 24.4. The fourth-order valence-electron chi connectivity index (χ4n) is 3.70. The molecule has 182 valence electrons. The van der Waals surface area contributed by atoms with E-state index in [2.05, 4.69) is 25.0 Å². The number of amides is 1. The van der Waals surface area contributed by atoms with Gasteiger partial charge in [-0.2, -0.15) is 9.64 Å². The van der Waals surface area contributed by atoms with E-state index >= 15 is 0 Å². The van der Waals surface area contributed by atoms with Crippen LogP contribution in [-0.2, 0) is 0 Å². The Bertz CT molecular complexity index is 1210. The molecule has 1 saturated heterocycles.